The lowest BCUT2D eigenvalue weighted by molar-refractivity contribution is -0.160. The number of benzene rings is 3. The molecule has 362 valence electrons. The molecule has 4 heterocycles. The van der Waals surface area contributed by atoms with Gasteiger partial charge in [0, 0.05) is 93.9 Å². The number of carbonyl (C=O) groups is 3. The number of phenols is 3. The molecule has 3 aromatic rings. The molecule has 7 rings (SSSR count). The molecule has 1 amide bonds. The monoisotopic (exact) mass is 928 g/mol. The average Bonchev–Trinajstić information content (AvgIpc) is 3.57. The molecule has 0 aliphatic carbocycles. The minimum atomic E-state index is -2.07. The van der Waals surface area contributed by atoms with Crippen LogP contribution in [-0.4, -0.2) is 130 Å². The quantitative estimate of drug-likeness (QED) is 0.0700. The van der Waals surface area contributed by atoms with Gasteiger partial charge in [-0.15, -0.1) is 0 Å². The van der Waals surface area contributed by atoms with Gasteiger partial charge in [0.2, 0.25) is 0 Å². The second-order valence-corrected chi connectivity index (χ2v) is 17.9. The number of ketones is 1. The maximum absolute atomic E-state index is 14.6. The zero-order valence-electron chi connectivity index (χ0n) is 39.8. The number of methoxy groups -OCH3 is 2. The summed E-state index contributed by atoms with van der Waals surface area (Å²) in [6.45, 7) is 15.5. The van der Waals surface area contributed by atoms with E-state index in [9.17, 15) is 39.9 Å². The number of Topliss-reactive ketones (excluding diaryl/α,β-unsaturated/α-hetero) is 1. The Labute approximate surface area is 390 Å². The van der Waals surface area contributed by atoms with Crippen LogP contribution in [0.3, 0.4) is 0 Å². The van der Waals surface area contributed by atoms with Crippen molar-refractivity contribution in [3.8, 4) is 28.7 Å². The van der Waals surface area contributed by atoms with Crippen molar-refractivity contribution < 1.29 is 63.6 Å². The Morgan fingerprint density at radius 3 is 2.30 bits per heavy atom. The third kappa shape index (κ3) is 10.4. The summed E-state index contributed by atoms with van der Waals surface area (Å²) in [6.07, 6.45) is 4.82. The molecule has 67 heavy (non-hydrogen) atoms. The highest BCUT2D eigenvalue weighted by molar-refractivity contribution is 6.23. The van der Waals surface area contributed by atoms with E-state index < -0.39 is 88.8 Å². The van der Waals surface area contributed by atoms with E-state index in [-0.39, 0.29) is 44.5 Å². The number of fused-ring (bicyclic) bond motifs is 14. The highest BCUT2D eigenvalue weighted by Crippen LogP contribution is 2.55. The Morgan fingerprint density at radius 1 is 0.940 bits per heavy atom. The molecule has 17 nitrogen and oxygen atoms in total. The van der Waals surface area contributed by atoms with Crippen LogP contribution >= 0.6 is 0 Å². The van der Waals surface area contributed by atoms with Crippen LogP contribution in [-0.2, 0) is 30.3 Å². The van der Waals surface area contributed by atoms with Gasteiger partial charge in [-0.25, -0.2) is 0 Å². The molecule has 0 aromatic heterocycles. The normalized spacial score (nSPS) is 29.6. The minimum Gasteiger partial charge on any atom is -0.507 e. The lowest BCUT2D eigenvalue weighted by Crippen LogP contribution is -2.46. The number of allylic oxidation sites excluding steroid dienone is 2. The highest BCUT2D eigenvalue weighted by atomic mass is 16.7. The average molecular weight is 929 g/mol. The van der Waals surface area contributed by atoms with Gasteiger partial charge < -0.3 is 54.5 Å². The molecule has 9 unspecified atom stereocenters. The summed E-state index contributed by atoms with van der Waals surface area (Å²) in [5.41, 5.74) is 0.674. The molecule has 17 heteroatoms. The van der Waals surface area contributed by atoms with Crippen molar-refractivity contribution in [3.05, 3.63) is 82.7 Å². The number of hydrogen-bond acceptors (Lipinski definition) is 16. The number of piperazine rings is 1. The van der Waals surface area contributed by atoms with Gasteiger partial charge in [-0.3, -0.25) is 24.3 Å². The van der Waals surface area contributed by atoms with Crippen LogP contribution in [0, 0.1) is 30.6 Å². The Kier molecular flexibility index (Phi) is 15.6. The Bertz CT molecular complexity index is 2480. The van der Waals surface area contributed by atoms with Gasteiger partial charge in [0.15, 0.2) is 5.75 Å². The van der Waals surface area contributed by atoms with E-state index in [0.29, 0.717) is 32.7 Å². The summed E-state index contributed by atoms with van der Waals surface area (Å²) in [5, 5.41) is 67.6. The number of ether oxygens (including phenoxy) is 5. The minimum absolute atomic E-state index is 0.0461. The van der Waals surface area contributed by atoms with Crippen LogP contribution in [0.4, 0.5) is 5.69 Å². The SMILES string of the molecule is COc1cccc(CN2CCN(/N=C\c3c4c(O)c5c(O)c(C)c6c(c5c3O)C(=O)C(C)(O/C=C/C(OC)C(C)C(OC(C)=O)C(C)C(O)C(C)C(O)C(C)/C=C/C=C(\C)C(=O)N4)O6)CC2)c1. The smallest absolute Gasteiger partial charge is 0.312 e. The van der Waals surface area contributed by atoms with Crippen LogP contribution in [0.25, 0.3) is 10.8 Å². The number of aromatic hydroxyl groups is 3. The third-order valence-corrected chi connectivity index (χ3v) is 13.3. The second-order valence-electron chi connectivity index (χ2n) is 17.9. The van der Waals surface area contributed by atoms with Gasteiger partial charge in [0.1, 0.15) is 29.1 Å². The van der Waals surface area contributed by atoms with Gasteiger partial charge in [-0.2, -0.15) is 5.10 Å². The number of hydrogen-bond donors (Lipinski definition) is 6. The second kappa shape index (κ2) is 20.8. The molecule has 9 atom stereocenters. The first kappa shape index (κ1) is 50.3. The van der Waals surface area contributed by atoms with Crippen LogP contribution in [0.1, 0.15) is 75.5 Å². The number of carbonyl (C=O) groups excluding carboxylic acids is 3. The first-order valence-corrected chi connectivity index (χ1v) is 22.4. The van der Waals surface area contributed by atoms with Crippen molar-refractivity contribution in [3.63, 3.8) is 0 Å². The van der Waals surface area contributed by atoms with Crippen LogP contribution in [0.5, 0.6) is 28.7 Å². The third-order valence-electron chi connectivity index (χ3n) is 13.3. The number of phenolic OH excluding ortho intramolecular Hbond substituents is 3. The number of aliphatic hydroxyl groups is 2. The van der Waals surface area contributed by atoms with Gasteiger partial charge in [-0.1, -0.05) is 58.1 Å². The van der Waals surface area contributed by atoms with E-state index in [4.69, 9.17) is 23.7 Å². The fraction of sp³-hybridized carbons (Fsp3) is 0.480. The van der Waals surface area contributed by atoms with Crippen molar-refractivity contribution in [2.75, 3.05) is 45.7 Å². The lowest BCUT2D eigenvalue weighted by atomic mass is 9.78. The molecule has 0 radical (unpaired) electrons. The summed E-state index contributed by atoms with van der Waals surface area (Å²) in [5.74, 6) is -7.73. The van der Waals surface area contributed by atoms with E-state index >= 15 is 0 Å². The van der Waals surface area contributed by atoms with E-state index in [0.717, 1.165) is 11.3 Å². The molecule has 0 saturated carbocycles. The van der Waals surface area contributed by atoms with Gasteiger partial charge in [0.25, 0.3) is 11.7 Å². The molecule has 0 spiro atoms. The molecular formula is C50H64N4O13. The number of aliphatic hydroxyl groups excluding tert-OH is 2. The predicted molar refractivity (Wildman–Crippen MR) is 251 cm³/mol. The van der Waals surface area contributed by atoms with Crippen LogP contribution < -0.4 is 14.8 Å². The molecule has 1 saturated heterocycles. The fourth-order valence-electron chi connectivity index (χ4n) is 9.05. The number of amides is 1. The van der Waals surface area contributed by atoms with Crippen molar-refractivity contribution in [1.29, 1.82) is 0 Å². The number of anilines is 1. The van der Waals surface area contributed by atoms with Crippen molar-refractivity contribution in [2.45, 2.75) is 92.1 Å². The number of esters is 1. The van der Waals surface area contributed by atoms with Crippen LogP contribution in [0.15, 0.2) is 65.5 Å². The standard InChI is InChI=1S/C50H64N4O13/c1-26-13-11-14-27(2)49(62)52-40-35(24-51-54-20-18-53(19-21-54)25-33-15-12-16-34(23-33)63-9)44(59)37-38(45(40)60)43(58)31(6)47-39(37)48(61)50(8,67-47)65-22-17-36(64-10)28(3)46(66-32(7)55)30(5)42(57)29(4)41(26)56/h11-17,22-24,26,28-30,36,41-42,46,56-60H,18-21,25H2,1-10H3,(H,52,62)/b13-11+,22-17+,27-14+,51-24-. The maximum Gasteiger partial charge on any atom is 0.312 e. The van der Waals surface area contributed by atoms with Crippen molar-refractivity contribution in [2.24, 2.45) is 28.8 Å². The number of rotatable bonds is 7. The number of nitrogens with zero attached hydrogens (tertiary/aromatic N) is 3. The molecule has 5 bridgehead atoms. The molecule has 1 fully saturated rings. The summed E-state index contributed by atoms with van der Waals surface area (Å²) >= 11 is 0. The summed E-state index contributed by atoms with van der Waals surface area (Å²) < 4.78 is 29.1. The number of hydrazone groups is 1. The van der Waals surface area contributed by atoms with E-state index in [1.165, 1.54) is 59.4 Å². The lowest BCUT2D eigenvalue weighted by Gasteiger charge is -2.38. The van der Waals surface area contributed by atoms with Gasteiger partial charge >= 0.3 is 11.8 Å². The summed E-state index contributed by atoms with van der Waals surface area (Å²) in [6, 6.07) is 7.85. The zero-order valence-corrected chi connectivity index (χ0v) is 39.8. The molecular weight excluding hydrogens is 865 g/mol. The summed E-state index contributed by atoms with van der Waals surface area (Å²) in [4.78, 5) is 43.2. The largest absolute Gasteiger partial charge is 0.507 e. The van der Waals surface area contributed by atoms with E-state index in [2.05, 4.69) is 15.3 Å². The van der Waals surface area contributed by atoms with E-state index in [1.807, 2.05) is 24.3 Å². The highest BCUT2D eigenvalue weighted by Gasteiger charge is 2.50. The van der Waals surface area contributed by atoms with E-state index in [1.54, 1.807) is 52.0 Å². The molecule has 6 N–H and O–H groups in total. The molecule has 4 aliphatic heterocycles. The predicted octanol–water partition coefficient (Wildman–Crippen LogP) is 5.91. The van der Waals surface area contributed by atoms with Crippen molar-refractivity contribution >= 4 is 40.3 Å². The zero-order chi connectivity index (χ0) is 49.1. The molecule has 3 aromatic carbocycles. The maximum atomic E-state index is 14.6. The Morgan fingerprint density at radius 2 is 1.64 bits per heavy atom. The van der Waals surface area contributed by atoms with Crippen LogP contribution in [0.2, 0.25) is 0 Å². The summed E-state index contributed by atoms with van der Waals surface area (Å²) in [7, 11) is 3.06. The Balaban J connectivity index is 1.44. The number of nitrogens with one attached hydrogen (secondary N) is 1. The topological polar surface area (TPSA) is 229 Å². The fourth-order valence-corrected chi connectivity index (χ4v) is 9.05. The van der Waals surface area contributed by atoms with Gasteiger partial charge in [-0.05, 0) is 37.6 Å². The first-order chi connectivity index (χ1) is 31.7. The first-order valence-electron chi connectivity index (χ1n) is 22.4. The van der Waals surface area contributed by atoms with Gasteiger partial charge in [0.05, 0.1) is 60.1 Å². The molecule has 4 aliphatic rings. The Hall–Kier alpha value is -6.14. The van der Waals surface area contributed by atoms with Crippen molar-refractivity contribution in [1.82, 2.24) is 9.91 Å².